The van der Waals surface area contributed by atoms with Crippen molar-refractivity contribution in [3.8, 4) is 11.5 Å². The summed E-state index contributed by atoms with van der Waals surface area (Å²) in [4.78, 5) is 5.39. The topological polar surface area (TPSA) is 49.7 Å². The van der Waals surface area contributed by atoms with E-state index >= 15 is 0 Å². The van der Waals surface area contributed by atoms with Gasteiger partial charge in [0, 0.05) is 22.9 Å². The molecule has 6 atom stereocenters. The second-order valence-corrected chi connectivity index (χ2v) is 12.5. The first-order chi connectivity index (χ1) is 16.6. The molecule has 4 aliphatic heterocycles. The Kier molecular flexibility index (Phi) is 4.95. The first kappa shape index (κ1) is 22.0. The fourth-order valence-electron chi connectivity index (χ4n) is 8.70. The van der Waals surface area contributed by atoms with Crippen molar-refractivity contribution in [2.45, 2.75) is 55.2 Å². The number of piperidine rings is 1. The lowest BCUT2D eigenvalue weighted by Gasteiger charge is -2.66. The van der Waals surface area contributed by atoms with Crippen LogP contribution in [0.2, 0.25) is 0 Å². The van der Waals surface area contributed by atoms with Gasteiger partial charge in [-0.15, -0.1) is 33.7 Å². The summed E-state index contributed by atoms with van der Waals surface area (Å²) in [5.74, 6) is 2.78. The Hall–Kier alpha value is -1.22. The molecular formula is C26H34N4O2S2. The largest absolute Gasteiger partial charge is 0.493 e. The highest BCUT2D eigenvalue weighted by atomic mass is 32.2. The van der Waals surface area contributed by atoms with Gasteiger partial charge in [0.2, 0.25) is 0 Å². The molecule has 4 heterocycles. The third-order valence-corrected chi connectivity index (χ3v) is 11.5. The van der Waals surface area contributed by atoms with E-state index < -0.39 is 0 Å². The van der Waals surface area contributed by atoms with E-state index in [1.165, 1.54) is 29.0 Å². The average Bonchev–Trinajstić information content (AvgIpc) is 3.52. The summed E-state index contributed by atoms with van der Waals surface area (Å²) >= 11 is 3.58. The van der Waals surface area contributed by atoms with Crippen LogP contribution in [0.4, 0.5) is 0 Å². The summed E-state index contributed by atoms with van der Waals surface area (Å²) in [6.45, 7) is 3.34. The molecule has 0 radical (unpaired) electrons. The van der Waals surface area contributed by atoms with Gasteiger partial charge in [-0.05, 0) is 88.8 Å². The Morgan fingerprint density at radius 1 is 1.12 bits per heavy atom. The number of hydrogen-bond acceptors (Lipinski definition) is 8. The highest BCUT2D eigenvalue weighted by Crippen LogP contribution is 2.68. The Bertz CT molecular complexity index is 1100. The number of likely N-dealkylation sites (tertiary alicyclic amines) is 2. The predicted octanol–water partition coefficient (Wildman–Crippen LogP) is 3.88. The van der Waals surface area contributed by atoms with Crippen LogP contribution in [0.5, 0.6) is 11.5 Å². The molecule has 0 unspecified atom stereocenters. The van der Waals surface area contributed by atoms with Crippen molar-refractivity contribution < 1.29 is 9.47 Å². The number of thioether (sulfide) groups is 2. The van der Waals surface area contributed by atoms with Crippen molar-refractivity contribution >= 4 is 33.6 Å². The van der Waals surface area contributed by atoms with Crippen LogP contribution >= 0.6 is 23.5 Å². The molecule has 3 fully saturated rings. The summed E-state index contributed by atoms with van der Waals surface area (Å²) in [5.41, 5.74) is 2.69. The van der Waals surface area contributed by atoms with Gasteiger partial charge in [0.1, 0.15) is 21.7 Å². The van der Waals surface area contributed by atoms with Crippen molar-refractivity contribution in [1.29, 1.82) is 0 Å². The van der Waals surface area contributed by atoms with Crippen molar-refractivity contribution in [3.05, 3.63) is 23.3 Å². The maximum absolute atomic E-state index is 7.30. The molecule has 6 nitrogen and oxygen atoms in total. The highest BCUT2D eigenvalue weighted by Gasteiger charge is 2.75. The van der Waals surface area contributed by atoms with Crippen LogP contribution in [-0.4, -0.2) is 83.9 Å². The van der Waals surface area contributed by atoms with Gasteiger partial charge in [-0.25, -0.2) is 0 Å². The van der Waals surface area contributed by atoms with Crippen LogP contribution in [0.1, 0.15) is 36.8 Å². The SMILES string of the molecule is COc1ccc2c3c1O[C@@H]1[C@]34CCN(C)[C@H](C2)[C@@H]4C[C@H]2C(SC)=NN=C(SC)[C@@]12N1CCCC1. The molecule has 34 heavy (non-hydrogen) atoms. The zero-order valence-corrected chi connectivity index (χ0v) is 22.2. The van der Waals surface area contributed by atoms with Crippen LogP contribution in [0.3, 0.4) is 0 Å². The molecule has 1 saturated carbocycles. The van der Waals surface area contributed by atoms with Gasteiger partial charge in [-0.1, -0.05) is 6.07 Å². The number of likely N-dealkylation sites (N-methyl/N-ethyl adjacent to an activating group) is 1. The number of fused-ring (bicyclic) bond motifs is 2. The Morgan fingerprint density at radius 2 is 1.94 bits per heavy atom. The smallest absolute Gasteiger partial charge is 0.165 e. The highest BCUT2D eigenvalue weighted by molar-refractivity contribution is 8.14. The molecule has 6 aliphatic rings. The summed E-state index contributed by atoms with van der Waals surface area (Å²) in [5, 5.41) is 12.1. The van der Waals surface area contributed by atoms with Gasteiger partial charge < -0.3 is 14.4 Å². The Balaban J connectivity index is 1.53. The fraction of sp³-hybridized carbons (Fsp3) is 0.692. The molecule has 1 aromatic carbocycles. The number of nitrogens with zero attached hydrogens (tertiary/aromatic N) is 4. The molecule has 0 N–H and O–H groups in total. The number of hydrogen-bond donors (Lipinski definition) is 0. The minimum atomic E-state index is -0.258. The summed E-state index contributed by atoms with van der Waals surface area (Å²) < 4.78 is 13.2. The lowest BCUT2D eigenvalue weighted by Crippen LogP contribution is -2.79. The molecule has 8 heteroatoms. The van der Waals surface area contributed by atoms with E-state index in [4.69, 9.17) is 19.7 Å². The second-order valence-electron chi connectivity index (χ2n) is 10.8. The van der Waals surface area contributed by atoms with Crippen molar-refractivity contribution in [3.63, 3.8) is 0 Å². The molecule has 182 valence electrons. The molecule has 2 bridgehead atoms. The summed E-state index contributed by atoms with van der Waals surface area (Å²) in [7, 11) is 4.12. The quantitative estimate of drug-likeness (QED) is 0.617. The molecule has 7 rings (SSSR count). The monoisotopic (exact) mass is 498 g/mol. The van der Waals surface area contributed by atoms with Gasteiger partial charge in [0.05, 0.1) is 7.11 Å². The van der Waals surface area contributed by atoms with Gasteiger partial charge in [-0.2, -0.15) is 0 Å². The van der Waals surface area contributed by atoms with Gasteiger partial charge in [0.15, 0.2) is 11.5 Å². The molecule has 0 aromatic heterocycles. The number of benzene rings is 1. The van der Waals surface area contributed by atoms with Crippen LogP contribution < -0.4 is 9.47 Å². The van der Waals surface area contributed by atoms with E-state index in [9.17, 15) is 0 Å². The number of ether oxygens (including phenoxy) is 2. The van der Waals surface area contributed by atoms with Crippen molar-refractivity contribution in [1.82, 2.24) is 9.80 Å². The minimum absolute atomic E-state index is 0.00504. The lowest BCUT2D eigenvalue weighted by atomic mass is 9.46. The van der Waals surface area contributed by atoms with E-state index in [1.54, 1.807) is 30.6 Å². The fourth-order valence-corrected chi connectivity index (χ4v) is 10.2. The maximum atomic E-state index is 7.30. The van der Waals surface area contributed by atoms with Gasteiger partial charge >= 0.3 is 0 Å². The lowest BCUT2D eigenvalue weighted by molar-refractivity contribution is -0.112. The second kappa shape index (κ2) is 7.64. The molecule has 2 aliphatic carbocycles. The first-order valence-corrected chi connectivity index (χ1v) is 15.1. The molecule has 2 saturated heterocycles. The third-order valence-electron chi connectivity index (χ3n) is 9.93. The first-order valence-electron chi connectivity index (χ1n) is 12.7. The average molecular weight is 499 g/mol. The predicted molar refractivity (Wildman–Crippen MR) is 141 cm³/mol. The van der Waals surface area contributed by atoms with Crippen molar-refractivity contribution in [2.24, 2.45) is 22.0 Å². The van der Waals surface area contributed by atoms with E-state index in [0.29, 0.717) is 17.9 Å². The van der Waals surface area contributed by atoms with E-state index in [1.807, 2.05) is 0 Å². The van der Waals surface area contributed by atoms with Gasteiger partial charge in [0.25, 0.3) is 0 Å². The summed E-state index contributed by atoms with van der Waals surface area (Å²) in [6, 6.07) is 5.00. The van der Waals surface area contributed by atoms with E-state index in [2.05, 4.69) is 41.5 Å². The third kappa shape index (κ3) is 2.44. The van der Waals surface area contributed by atoms with Crippen LogP contribution in [0, 0.1) is 11.8 Å². The van der Waals surface area contributed by atoms with E-state index in [-0.39, 0.29) is 17.1 Å². The zero-order chi connectivity index (χ0) is 23.2. The molecule has 1 spiro atoms. The Labute approximate surface area is 210 Å². The summed E-state index contributed by atoms with van der Waals surface area (Å²) in [6.07, 6.45) is 10.3. The minimum Gasteiger partial charge on any atom is -0.493 e. The Morgan fingerprint density at radius 3 is 2.68 bits per heavy atom. The molecule has 0 amide bonds. The van der Waals surface area contributed by atoms with Crippen LogP contribution in [0.25, 0.3) is 0 Å². The van der Waals surface area contributed by atoms with Gasteiger partial charge in [-0.3, -0.25) is 4.90 Å². The van der Waals surface area contributed by atoms with Crippen LogP contribution in [0.15, 0.2) is 22.3 Å². The number of methoxy groups -OCH3 is 1. The molecular weight excluding hydrogens is 464 g/mol. The molecule has 1 aromatic rings. The number of rotatable bonds is 2. The standard InChI is InChI=1S/C26H34N4O2S2/c1-29-12-9-25-16-14-17-22(33-3)27-28-24(34-4)26(17,30-10-5-6-11-30)23(25)32-21-19(31-2)8-7-15(20(21)25)13-18(16)29/h7-8,16-18,23H,5-6,9-14H2,1-4H3/t16-,17-,18+,23+,25-,26-/m0/s1. The normalized spacial score (nSPS) is 40.2. The van der Waals surface area contributed by atoms with Crippen LogP contribution in [-0.2, 0) is 11.8 Å². The maximum Gasteiger partial charge on any atom is 0.165 e. The van der Waals surface area contributed by atoms with Crippen molar-refractivity contribution in [2.75, 3.05) is 46.3 Å². The zero-order valence-electron chi connectivity index (χ0n) is 20.5. The van der Waals surface area contributed by atoms with E-state index in [0.717, 1.165) is 55.4 Å².